The van der Waals surface area contributed by atoms with Crippen LogP contribution in [0.1, 0.15) is 38.5 Å². The molecule has 2 heterocycles. The zero-order valence-electron chi connectivity index (χ0n) is 9.57. The molecule has 0 unspecified atom stereocenters. The predicted molar refractivity (Wildman–Crippen MR) is 77.1 cm³/mol. The SMILES string of the molecule is O=C1c2sc3c(c2CCN1SCS)CCCC3. The summed E-state index contributed by atoms with van der Waals surface area (Å²) < 4.78 is 1.87. The van der Waals surface area contributed by atoms with E-state index >= 15 is 0 Å². The van der Waals surface area contributed by atoms with Crippen LogP contribution >= 0.6 is 35.9 Å². The molecule has 0 atom stereocenters. The Bertz CT molecular complexity index is 455. The second kappa shape index (κ2) is 4.86. The third kappa shape index (κ3) is 2.02. The number of fused-ring (bicyclic) bond motifs is 3. The van der Waals surface area contributed by atoms with Gasteiger partial charge in [0.05, 0.1) is 9.96 Å². The molecule has 92 valence electrons. The first kappa shape index (κ1) is 11.9. The maximum absolute atomic E-state index is 12.3. The van der Waals surface area contributed by atoms with Crippen LogP contribution in [0.4, 0.5) is 0 Å². The van der Waals surface area contributed by atoms with Gasteiger partial charge >= 0.3 is 0 Å². The van der Waals surface area contributed by atoms with E-state index in [0.29, 0.717) is 5.08 Å². The van der Waals surface area contributed by atoms with Crippen molar-refractivity contribution in [1.29, 1.82) is 0 Å². The molecule has 0 saturated carbocycles. The average Bonchev–Trinajstić information content (AvgIpc) is 2.73. The summed E-state index contributed by atoms with van der Waals surface area (Å²) >= 11 is 7.46. The largest absolute Gasteiger partial charge is 0.281 e. The highest BCUT2D eigenvalue weighted by Crippen LogP contribution is 2.38. The molecule has 3 rings (SSSR count). The Labute approximate surface area is 115 Å². The van der Waals surface area contributed by atoms with E-state index in [1.807, 2.05) is 4.31 Å². The van der Waals surface area contributed by atoms with Crippen molar-refractivity contribution in [2.24, 2.45) is 0 Å². The van der Waals surface area contributed by atoms with Gasteiger partial charge in [-0.2, -0.15) is 12.6 Å². The molecule has 2 nitrogen and oxygen atoms in total. The molecule has 1 aliphatic carbocycles. The molecule has 1 amide bonds. The second-order valence-electron chi connectivity index (χ2n) is 4.43. The normalized spacial score (nSPS) is 19.1. The highest BCUT2D eigenvalue weighted by atomic mass is 32.2. The number of thiophene rings is 1. The Morgan fingerprint density at radius 1 is 1.24 bits per heavy atom. The van der Waals surface area contributed by atoms with Crippen LogP contribution in [0.2, 0.25) is 0 Å². The van der Waals surface area contributed by atoms with Crippen LogP contribution in [-0.2, 0) is 19.3 Å². The number of aryl methyl sites for hydroxylation is 1. The highest BCUT2D eigenvalue weighted by molar-refractivity contribution is 8.08. The Kier molecular flexibility index (Phi) is 3.41. The lowest BCUT2D eigenvalue weighted by molar-refractivity contribution is 0.0866. The first-order valence-electron chi connectivity index (χ1n) is 6.00. The maximum Gasteiger partial charge on any atom is 0.274 e. The fourth-order valence-electron chi connectivity index (χ4n) is 2.69. The molecule has 2 aliphatic rings. The number of carbonyl (C=O) groups is 1. The number of rotatable bonds is 2. The number of hydrogen-bond acceptors (Lipinski definition) is 4. The molecule has 0 bridgehead atoms. The molecule has 0 radical (unpaired) electrons. The summed E-state index contributed by atoms with van der Waals surface area (Å²) in [6, 6.07) is 0. The quantitative estimate of drug-likeness (QED) is 0.512. The molecule has 17 heavy (non-hydrogen) atoms. The minimum Gasteiger partial charge on any atom is -0.281 e. The standard InChI is InChI=1S/C12H15NOS3/c14-12-11-9(5-6-13(12)16-7-15)8-3-1-2-4-10(8)17-11/h15H,1-7H2. The van der Waals surface area contributed by atoms with Gasteiger partial charge in [-0.15, -0.1) is 11.3 Å². The van der Waals surface area contributed by atoms with Crippen LogP contribution in [0.5, 0.6) is 0 Å². The Hall–Kier alpha value is -0.130. The molecule has 1 aromatic heterocycles. The third-order valence-electron chi connectivity index (χ3n) is 3.48. The summed E-state index contributed by atoms with van der Waals surface area (Å²) in [4.78, 5) is 14.8. The molecule has 0 fully saturated rings. The Morgan fingerprint density at radius 3 is 2.88 bits per heavy atom. The number of thiol groups is 1. The topological polar surface area (TPSA) is 20.3 Å². The summed E-state index contributed by atoms with van der Waals surface area (Å²) in [5, 5.41) is 0.673. The van der Waals surface area contributed by atoms with Gasteiger partial charge in [-0.1, -0.05) is 0 Å². The van der Waals surface area contributed by atoms with Gasteiger partial charge < -0.3 is 0 Å². The lowest BCUT2D eigenvalue weighted by Gasteiger charge is -2.25. The number of hydrogen-bond donors (Lipinski definition) is 1. The Balaban J connectivity index is 1.96. The van der Waals surface area contributed by atoms with E-state index in [0.717, 1.165) is 17.8 Å². The molecule has 0 N–H and O–H groups in total. The van der Waals surface area contributed by atoms with E-state index in [2.05, 4.69) is 12.6 Å². The van der Waals surface area contributed by atoms with Crippen LogP contribution < -0.4 is 0 Å². The van der Waals surface area contributed by atoms with Crippen molar-refractivity contribution >= 4 is 41.8 Å². The fraction of sp³-hybridized carbons (Fsp3) is 0.583. The molecule has 0 spiro atoms. The van der Waals surface area contributed by atoms with E-state index in [4.69, 9.17) is 0 Å². The van der Waals surface area contributed by atoms with E-state index < -0.39 is 0 Å². The molecule has 0 saturated heterocycles. The van der Waals surface area contributed by atoms with E-state index in [1.54, 1.807) is 11.3 Å². The summed E-state index contributed by atoms with van der Waals surface area (Å²) in [7, 11) is 0. The molecule has 1 aromatic rings. The van der Waals surface area contributed by atoms with Crippen LogP contribution in [-0.4, -0.2) is 21.8 Å². The second-order valence-corrected chi connectivity index (χ2v) is 7.27. The predicted octanol–water partition coefficient (Wildman–Crippen LogP) is 3.16. The van der Waals surface area contributed by atoms with Crippen LogP contribution in [0, 0.1) is 0 Å². The molecular formula is C12H15NOS3. The van der Waals surface area contributed by atoms with Gasteiger partial charge in [-0.25, -0.2) is 0 Å². The molecule has 1 aliphatic heterocycles. The van der Waals surface area contributed by atoms with E-state index in [-0.39, 0.29) is 5.91 Å². The van der Waals surface area contributed by atoms with Crippen molar-refractivity contribution < 1.29 is 4.79 Å². The zero-order chi connectivity index (χ0) is 11.8. The van der Waals surface area contributed by atoms with Gasteiger partial charge in [0, 0.05) is 11.4 Å². The lowest BCUT2D eigenvalue weighted by atomic mass is 9.92. The molecular weight excluding hydrogens is 270 g/mol. The van der Waals surface area contributed by atoms with Crippen molar-refractivity contribution in [3.63, 3.8) is 0 Å². The van der Waals surface area contributed by atoms with Gasteiger partial charge in [0.1, 0.15) is 0 Å². The van der Waals surface area contributed by atoms with Crippen molar-refractivity contribution in [2.45, 2.75) is 32.1 Å². The minimum atomic E-state index is 0.213. The van der Waals surface area contributed by atoms with E-state index in [9.17, 15) is 4.79 Å². The van der Waals surface area contributed by atoms with Crippen molar-refractivity contribution in [1.82, 2.24) is 4.31 Å². The number of amides is 1. The molecule has 0 aromatic carbocycles. The third-order valence-corrected chi connectivity index (χ3v) is 5.92. The number of nitrogens with zero attached hydrogens (tertiary/aromatic N) is 1. The zero-order valence-corrected chi connectivity index (χ0v) is 12.1. The average molecular weight is 285 g/mol. The van der Waals surface area contributed by atoms with Crippen molar-refractivity contribution in [3.8, 4) is 0 Å². The van der Waals surface area contributed by atoms with Gasteiger partial charge in [0.15, 0.2) is 0 Å². The number of carbonyl (C=O) groups excluding carboxylic acids is 1. The summed E-state index contributed by atoms with van der Waals surface area (Å²) in [6.07, 6.45) is 5.98. The van der Waals surface area contributed by atoms with Crippen LogP contribution in [0.25, 0.3) is 0 Å². The monoisotopic (exact) mass is 285 g/mol. The van der Waals surface area contributed by atoms with Crippen molar-refractivity contribution in [2.75, 3.05) is 11.6 Å². The van der Waals surface area contributed by atoms with Crippen LogP contribution in [0.3, 0.4) is 0 Å². The van der Waals surface area contributed by atoms with Gasteiger partial charge in [0.2, 0.25) is 0 Å². The molecule has 5 heteroatoms. The lowest BCUT2D eigenvalue weighted by Crippen LogP contribution is -2.31. The summed E-state index contributed by atoms with van der Waals surface area (Å²) in [6.45, 7) is 0.847. The van der Waals surface area contributed by atoms with Crippen molar-refractivity contribution in [3.05, 3.63) is 20.9 Å². The Morgan fingerprint density at radius 2 is 2.06 bits per heavy atom. The van der Waals surface area contributed by atoms with Gasteiger partial charge in [-0.05, 0) is 55.2 Å². The fourth-order valence-corrected chi connectivity index (χ4v) is 5.12. The summed E-state index contributed by atoms with van der Waals surface area (Å²) in [5.74, 6) is 0.213. The summed E-state index contributed by atoms with van der Waals surface area (Å²) in [5.41, 5.74) is 2.88. The highest BCUT2D eigenvalue weighted by Gasteiger charge is 2.31. The first-order valence-corrected chi connectivity index (χ1v) is 8.39. The van der Waals surface area contributed by atoms with E-state index in [1.165, 1.54) is 53.6 Å². The van der Waals surface area contributed by atoms with Gasteiger partial charge in [-0.3, -0.25) is 9.10 Å². The van der Waals surface area contributed by atoms with Crippen LogP contribution in [0.15, 0.2) is 0 Å². The minimum absolute atomic E-state index is 0.213. The first-order chi connectivity index (χ1) is 8.31. The maximum atomic E-state index is 12.3. The smallest absolute Gasteiger partial charge is 0.274 e. The van der Waals surface area contributed by atoms with Gasteiger partial charge in [0.25, 0.3) is 5.91 Å².